The molecule has 0 aromatic heterocycles. The van der Waals surface area contributed by atoms with Crippen molar-refractivity contribution in [1.29, 1.82) is 0 Å². The van der Waals surface area contributed by atoms with Gasteiger partial charge in [-0.1, -0.05) is 0 Å². The summed E-state index contributed by atoms with van der Waals surface area (Å²) in [5, 5.41) is 16.8. The van der Waals surface area contributed by atoms with Crippen LogP contribution in [0, 0.1) is 0 Å². The first-order valence-electron chi connectivity index (χ1n) is 9.85. The van der Waals surface area contributed by atoms with Gasteiger partial charge in [0.25, 0.3) is 0 Å². The van der Waals surface area contributed by atoms with Gasteiger partial charge in [-0.3, -0.25) is 0 Å². The van der Waals surface area contributed by atoms with Crippen LogP contribution in [0.15, 0.2) is 130 Å². The van der Waals surface area contributed by atoms with Gasteiger partial charge in [0.15, 0.2) is 0 Å². The summed E-state index contributed by atoms with van der Waals surface area (Å²) in [6.45, 7) is 0. The Morgan fingerprint density at radius 3 is 1.24 bits per heavy atom. The molecule has 0 amide bonds. The number of nitrogens with zero attached hydrogens (tertiary/aromatic N) is 4. The Hall–Kier alpha value is -2.78. The molecule has 0 aliphatic heterocycles. The molecule has 0 fully saturated rings. The number of hydrogen-bond donors (Lipinski definition) is 0. The summed E-state index contributed by atoms with van der Waals surface area (Å²) in [5.74, 6) is 0. The third-order valence-corrected chi connectivity index (χ3v) is 13.7. The van der Waals surface area contributed by atoms with Gasteiger partial charge in [0, 0.05) is 0 Å². The van der Waals surface area contributed by atoms with Crippen LogP contribution in [0.4, 0.5) is 22.7 Å². The van der Waals surface area contributed by atoms with Gasteiger partial charge in [-0.15, -0.1) is 0 Å². The number of benzene rings is 4. The molecule has 0 N–H and O–H groups in total. The van der Waals surface area contributed by atoms with Crippen LogP contribution in [0.25, 0.3) is 0 Å². The Labute approximate surface area is 206 Å². The number of azo groups is 2. The molecule has 9 heteroatoms. The molecule has 0 aliphatic rings. The zero-order valence-electron chi connectivity index (χ0n) is 17.2. The SMILES string of the molecule is O=[Te](O[Te](=O)c1ccccc1N=Nc1ccccc1)c1ccccc1N=Nc1ccccc1. The maximum absolute atomic E-state index is 13.1. The molecule has 0 radical (unpaired) electrons. The second kappa shape index (κ2) is 11.9. The molecule has 4 aromatic rings. The summed E-state index contributed by atoms with van der Waals surface area (Å²) in [6.07, 6.45) is 0. The molecule has 0 aliphatic carbocycles. The molecule has 4 aromatic carbocycles. The van der Waals surface area contributed by atoms with Gasteiger partial charge in [-0.05, 0) is 0 Å². The maximum atomic E-state index is 13.1. The average Bonchev–Trinajstić information content (AvgIpc) is 2.87. The first-order chi connectivity index (χ1) is 16.2. The van der Waals surface area contributed by atoms with Crippen molar-refractivity contribution in [3.63, 3.8) is 0 Å². The Bertz CT molecular complexity index is 1230. The fourth-order valence-corrected chi connectivity index (χ4v) is 11.1. The molecular formula is C24H18N4O3Te2. The zero-order valence-corrected chi connectivity index (χ0v) is 21.9. The van der Waals surface area contributed by atoms with E-state index in [2.05, 4.69) is 20.5 Å². The molecule has 0 atom stereocenters. The van der Waals surface area contributed by atoms with Crippen LogP contribution in [0.3, 0.4) is 0 Å². The van der Waals surface area contributed by atoms with Gasteiger partial charge in [-0.25, -0.2) is 0 Å². The molecule has 0 saturated carbocycles. The fourth-order valence-electron chi connectivity index (χ4n) is 2.70. The molecule has 0 saturated heterocycles. The molecule has 164 valence electrons. The minimum atomic E-state index is -3.62. The summed E-state index contributed by atoms with van der Waals surface area (Å²) in [4.78, 5) is 0. The van der Waals surface area contributed by atoms with Gasteiger partial charge >= 0.3 is 207 Å². The Morgan fingerprint density at radius 2 is 0.818 bits per heavy atom. The van der Waals surface area contributed by atoms with Crippen LogP contribution in [0.2, 0.25) is 0 Å². The van der Waals surface area contributed by atoms with Crippen molar-refractivity contribution in [2.24, 2.45) is 20.5 Å². The van der Waals surface area contributed by atoms with Gasteiger partial charge in [0.1, 0.15) is 0 Å². The van der Waals surface area contributed by atoms with E-state index in [1.165, 1.54) is 0 Å². The summed E-state index contributed by atoms with van der Waals surface area (Å²) in [6, 6.07) is 32.3. The Kier molecular flexibility index (Phi) is 8.43. The zero-order chi connectivity index (χ0) is 22.9. The standard InChI is InChI=1S/C24H18N4O3Te2/c29-32(23-17-9-7-15-21(23)27-25-19-11-3-1-4-12-19)31-33(30)24-18-10-8-16-22(24)28-26-20-13-5-2-6-14-20/h1-18H. The van der Waals surface area contributed by atoms with Crippen molar-refractivity contribution in [2.75, 3.05) is 0 Å². The normalized spacial score (nSPS) is 11.7. The van der Waals surface area contributed by atoms with Crippen molar-refractivity contribution in [2.45, 2.75) is 0 Å². The van der Waals surface area contributed by atoms with Gasteiger partial charge < -0.3 is 0 Å². The molecule has 4 rings (SSSR count). The summed E-state index contributed by atoms with van der Waals surface area (Å²) >= 11 is -7.24. The quantitative estimate of drug-likeness (QED) is 0.184. The van der Waals surface area contributed by atoms with E-state index in [1.54, 1.807) is 48.5 Å². The monoisotopic (exact) mass is 670 g/mol. The van der Waals surface area contributed by atoms with E-state index in [9.17, 15) is 6.21 Å². The second-order valence-corrected chi connectivity index (χ2v) is 14.7. The number of rotatable bonds is 8. The topological polar surface area (TPSA) is 92.8 Å². The van der Waals surface area contributed by atoms with Crippen LogP contribution < -0.4 is 7.22 Å². The van der Waals surface area contributed by atoms with Crippen molar-refractivity contribution < 1.29 is 7.67 Å². The third kappa shape index (κ3) is 6.61. The van der Waals surface area contributed by atoms with Crippen molar-refractivity contribution >= 4 is 69.9 Å². The molecular weight excluding hydrogens is 647 g/mol. The van der Waals surface area contributed by atoms with Crippen LogP contribution in [0.1, 0.15) is 0 Å². The summed E-state index contributed by atoms with van der Waals surface area (Å²) in [5.41, 5.74) is 2.24. The van der Waals surface area contributed by atoms with Crippen molar-refractivity contribution in [1.82, 2.24) is 0 Å². The van der Waals surface area contributed by atoms with E-state index in [0.29, 0.717) is 30.0 Å². The Balaban J connectivity index is 1.53. The van der Waals surface area contributed by atoms with Crippen LogP contribution in [0.5, 0.6) is 0 Å². The first-order valence-corrected chi connectivity index (χ1v) is 16.0. The van der Waals surface area contributed by atoms with Gasteiger partial charge in [0.05, 0.1) is 0 Å². The van der Waals surface area contributed by atoms with Gasteiger partial charge in [-0.2, -0.15) is 0 Å². The van der Waals surface area contributed by atoms with Crippen LogP contribution in [-0.4, -0.2) is 39.9 Å². The molecule has 0 bridgehead atoms. The Morgan fingerprint density at radius 1 is 0.455 bits per heavy atom. The fraction of sp³-hybridized carbons (Fsp3) is 0. The van der Waals surface area contributed by atoms with E-state index < -0.39 is 39.9 Å². The van der Waals surface area contributed by atoms with Crippen LogP contribution in [-0.2, 0) is 7.67 Å². The minimum absolute atomic E-state index is 0.436. The van der Waals surface area contributed by atoms with Crippen molar-refractivity contribution in [3.05, 3.63) is 109 Å². The average molecular weight is 666 g/mol. The molecule has 33 heavy (non-hydrogen) atoms. The molecule has 7 nitrogen and oxygen atoms in total. The van der Waals surface area contributed by atoms with E-state index in [1.807, 2.05) is 60.7 Å². The first kappa shape index (κ1) is 23.4. The predicted octanol–water partition coefficient (Wildman–Crippen LogP) is 5.49. The van der Waals surface area contributed by atoms with E-state index >= 15 is 0 Å². The molecule has 0 unspecified atom stereocenters. The predicted molar refractivity (Wildman–Crippen MR) is 127 cm³/mol. The third-order valence-electron chi connectivity index (χ3n) is 4.27. The second-order valence-electron chi connectivity index (χ2n) is 6.54. The molecule has 0 heterocycles. The molecule has 0 spiro atoms. The van der Waals surface area contributed by atoms with E-state index in [0.717, 1.165) is 0 Å². The van der Waals surface area contributed by atoms with Gasteiger partial charge in [0.2, 0.25) is 0 Å². The van der Waals surface area contributed by atoms with Crippen LogP contribution >= 0.6 is 0 Å². The number of hydrogen-bond acceptors (Lipinski definition) is 7. The van der Waals surface area contributed by atoms with E-state index in [-0.39, 0.29) is 0 Å². The summed E-state index contributed by atoms with van der Waals surface area (Å²) in [7, 11) is 0. The summed E-state index contributed by atoms with van der Waals surface area (Å²) < 4.78 is 32.6. The van der Waals surface area contributed by atoms with Crippen molar-refractivity contribution in [3.8, 4) is 0 Å². The van der Waals surface area contributed by atoms with E-state index in [4.69, 9.17) is 1.47 Å².